The van der Waals surface area contributed by atoms with E-state index >= 15 is 0 Å². The molecule has 1 aromatic heterocycles. The first-order valence-electron chi connectivity index (χ1n) is 4.72. The summed E-state index contributed by atoms with van der Waals surface area (Å²) in [5, 5.41) is 9.93. The maximum atomic E-state index is 13.1. The number of methoxy groups -OCH3 is 1. The van der Waals surface area contributed by atoms with Gasteiger partial charge in [0.1, 0.15) is 6.10 Å². The molecule has 16 heavy (non-hydrogen) atoms. The maximum absolute atomic E-state index is 13.1. The lowest BCUT2D eigenvalue weighted by Gasteiger charge is -2.10. The van der Waals surface area contributed by atoms with Crippen LogP contribution in [0.5, 0.6) is 5.75 Å². The maximum Gasteiger partial charge on any atom is 0.165 e. The van der Waals surface area contributed by atoms with Gasteiger partial charge in [-0.1, -0.05) is 6.07 Å². The van der Waals surface area contributed by atoms with Crippen molar-refractivity contribution in [1.29, 1.82) is 0 Å². The highest BCUT2D eigenvalue weighted by atomic mass is 19.1. The third kappa shape index (κ3) is 1.90. The number of nitrogens with zero attached hydrogens (tertiary/aromatic N) is 1. The Labute approximate surface area is 91.7 Å². The largest absolute Gasteiger partial charge is 0.494 e. The number of hydrogen-bond donors (Lipinski definition) is 2. The van der Waals surface area contributed by atoms with Crippen LogP contribution in [-0.2, 0) is 0 Å². The molecule has 5 heteroatoms. The van der Waals surface area contributed by atoms with E-state index in [9.17, 15) is 9.50 Å². The summed E-state index contributed by atoms with van der Waals surface area (Å²) in [6.45, 7) is 0. The van der Waals surface area contributed by atoms with E-state index in [-0.39, 0.29) is 5.75 Å². The lowest BCUT2D eigenvalue weighted by atomic mass is 10.1. The van der Waals surface area contributed by atoms with Gasteiger partial charge in [0.05, 0.1) is 19.1 Å². The highest BCUT2D eigenvalue weighted by molar-refractivity contribution is 5.34. The van der Waals surface area contributed by atoms with Gasteiger partial charge in [-0.05, 0) is 17.7 Å². The van der Waals surface area contributed by atoms with Crippen molar-refractivity contribution in [2.45, 2.75) is 6.10 Å². The lowest BCUT2D eigenvalue weighted by Crippen LogP contribution is -2.01. The van der Waals surface area contributed by atoms with Crippen LogP contribution in [0.1, 0.15) is 17.4 Å². The van der Waals surface area contributed by atoms with E-state index in [2.05, 4.69) is 9.97 Å². The fourth-order valence-corrected chi connectivity index (χ4v) is 1.44. The van der Waals surface area contributed by atoms with Crippen LogP contribution in [0.4, 0.5) is 4.39 Å². The Morgan fingerprint density at radius 3 is 2.94 bits per heavy atom. The summed E-state index contributed by atoms with van der Waals surface area (Å²) in [7, 11) is 1.38. The molecule has 0 saturated carbocycles. The monoisotopic (exact) mass is 222 g/mol. The molecule has 0 bridgehead atoms. The lowest BCUT2D eigenvalue weighted by molar-refractivity contribution is 0.215. The van der Waals surface area contributed by atoms with Gasteiger partial charge in [-0.15, -0.1) is 0 Å². The van der Waals surface area contributed by atoms with Crippen molar-refractivity contribution < 1.29 is 14.2 Å². The third-order valence-corrected chi connectivity index (χ3v) is 2.29. The van der Waals surface area contributed by atoms with Gasteiger partial charge in [-0.25, -0.2) is 9.37 Å². The first-order valence-corrected chi connectivity index (χ1v) is 4.72. The molecule has 0 saturated heterocycles. The number of hydrogen-bond acceptors (Lipinski definition) is 3. The van der Waals surface area contributed by atoms with Crippen molar-refractivity contribution in [2.75, 3.05) is 7.11 Å². The van der Waals surface area contributed by atoms with Gasteiger partial charge < -0.3 is 14.8 Å². The molecule has 0 aliphatic carbocycles. The Morgan fingerprint density at radius 1 is 1.50 bits per heavy atom. The second-order valence-electron chi connectivity index (χ2n) is 3.29. The Balaban J connectivity index is 2.34. The van der Waals surface area contributed by atoms with Gasteiger partial charge in [-0.2, -0.15) is 0 Å². The average molecular weight is 222 g/mol. The molecule has 84 valence electrons. The molecular formula is C11H11FN2O2. The van der Waals surface area contributed by atoms with Crippen LogP contribution >= 0.6 is 0 Å². The van der Waals surface area contributed by atoms with Gasteiger partial charge in [-0.3, -0.25) is 0 Å². The van der Waals surface area contributed by atoms with E-state index in [1.54, 1.807) is 6.20 Å². The SMILES string of the molecule is COc1cc(C(O)c2c[nH]cn2)ccc1F. The molecule has 0 aliphatic heterocycles. The van der Waals surface area contributed by atoms with Gasteiger partial charge in [0, 0.05) is 6.20 Å². The first-order chi connectivity index (χ1) is 7.72. The van der Waals surface area contributed by atoms with E-state index in [4.69, 9.17) is 4.74 Å². The zero-order valence-electron chi connectivity index (χ0n) is 8.64. The predicted octanol–water partition coefficient (Wildman–Crippen LogP) is 1.64. The summed E-state index contributed by atoms with van der Waals surface area (Å²) in [4.78, 5) is 6.67. The van der Waals surface area contributed by atoms with Crippen molar-refractivity contribution in [3.63, 3.8) is 0 Å². The molecule has 0 fully saturated rings. The minimum atomic E-state index is -0.888. The van der Waals surface area contributed by atoms with Crippen LogP contribution in [0, 0.1) is 5.82 Å². The molecule has 0 amide bonds. The average Bonchev–Trinajstić information content (AvgIpc) is 2.82. The molecular weight excluding hydrogens is 211 g/mol. The Kier molecular flexibility index (Phi) is 2.87. The fraction of sp³-hybridized carbons (Fsp3) is 0.182. The summed E-state index contributed by atoms with van der Waals surface area (Å²) in [6.07, 6.45) is 2.17. The zero-order valence-corrected chi connectivity index (χ0v) is 8.64. The van der Waals surface area contributed by atoms with E-state index in [0.717, 1.165) is 0 Å². The van der Waals surface area contributed by atoms with E-state index < -0.39 is 11.9 Å². The van der Waals surface area contributed by atoms with E-state index in [1.807, 2.05) is 0 Å². The van der Waals surface area contributed by atoms with Crippen molar-refractivity contribution in [3.05, 3.63) is 47.8 Å². The van der Waals surface area contributed by atoms with Crippen molar-refractivity contribution >= 4 is 0 Å². The Hall–Kier alpha value is -1.88. The molecule has 2 rings (SSSR count). The normalized spacial score (nSPS) is 12.4. The number of imidazole rings is 1. The molecule has 1 aromatic carbocycles. The second kappa shape index (κ2) is 4.32. The van der Waals surface area contributed by atoms with Crippen LogP contribution in [0.15, 0.2) is 30.7 Å². The number of ether oxygens (including phenoxy) is 1. The number of halogens is 1. The van der Waals surface area contributed by atoms with Crippen molar-refractivity contribution in [3.8, 4) is 5.75 Å². The van der Waals surface area contributed by atoms with E-state index in [0.29, 0.717) is 11.3 Å². The van der Waals surface area contributed by atoms with Gasteiger partial charge >= 0.3 is 0 Å². The molecule has 0 radical (unpaired) electrons. The smallest absolute Gasteiger partial charge is 0.165 e. The molecule has 1 heterocycles. The number of aromatic amines is 1. The van der Waals surface area contributed by atoms with Gasteiger partial charge in [0.15, 0.2) is 11.6 Å². The number of nitrogens with one attached hydrogen (secondary N) is 1. The Morgan fingerprint density at radius 2 is 2.31 bits per heavy atom. The van der Waals surface area contributed by atoms with Crippen LogP contribution < -0.4 is 4.74 Å². The summed E-state index contributed by atoms with van der Waals surface area (Å²) < 4.78 is 18.0. The number of H-pyrrole nitrogens is 1. The molecule has 2 N–H and O–H groups in total. The highest BCUT2D eigenvalue weighted by Crippen LogP contribution is 2.25. The van der Waals surface area contributed by atoms with Crippen LogP contribution in [0.3, 0.4) is 0 Å². The summed E-state index contributed by atoms with van der Waals surface area (Å²) in [5.41, 5.74) is 1.01. The number of rotatable bonds is 3. The predicted molar refractivity (Wildman–Crippen MR) is 55.6 cm³/mol. The van der Waals surface area contributed by atoms with Crippen LogP contribution in [-0.4, -0.2) is 22.2 Å². The summed E-state index contributed by atoms with van der Waals surface area (Å²) in [6, 6.07) is 4.20. The standard InChI is InChI=1S/C11H11FN2O2/c1-16-10-4-7(2-3-8(10)12)11(15)9-5-13-6-14-9/h2-6,11,15H,1H3,(H,13,14). The molecule has 0 aliphatic rings. The van der Waals surface area contributed by atoms with E-state index in [1.165, 1.54) is 31.6 Å². The quantitative estimate of drug-likeness (QED) is 0.830. The van der Waals surface area contributed by atoms with Crippen LogP contribution in [0.25, 0.3) is 0 Å². The van der Waals surface area contributed by atoms with Gasteiger partial charge in [0.25, 0.3) is 0 Å². The van der Waals surface area contributed by atoms with Crippen molar-refractivity contribution in [2.24, 2.45) is 0 Å². The van der Waals surface area contributed by atoms with Gasteiger partial charge in [0.2, 0.25) is 0 Å². The fourth-order valence-electron chi connectivity index (χ4n) is 1.44. The molecule has 0 spiro atoms. The minimum absolute atomic E-state index is 0.104. The topological polar surface area (TPSA) is 58.1 Å². The molecule has 4 nitrogen and oxygen atoms in total. The highest BCUT2D eigenvalue weighted by Gasteiger charge is 2.14. The Bertz CT molecular complexity index is 471. The first kappa shape index (κ1) is 10.6. The molecule has 1 atom stereocenters. The third-order valence-electron chi connectivity index (χ3n) is 2.29. The molecule has 1 unspecified atom stereocenters. The number of aromatic nitrogens is 2. The summed E-state index contributed by atoms with van der Waals surface area (Å²) in [5.74, 6) is -0.354. The number of benzene rings is 1. The summed E-state index contributed by atoms with van der Waals surface area (Å²) >= 11 is 0. The van der Waals surface area contributed by atoms with Crippen molar-refractivity contribution in [1.82, 2.24) is 9.97 Å². The minimum Gasteiger partial charge on any atom is -0.494 e. The second-order valence-corrected chi connectivity index (χ2v) is 3.29. The molecule has 2 aromatic rings. The number of aliphatic hydroxyl groups is 1. The number of aliphatic hydroxyl groups excluding tert-OH is 1. The van der Waals surface area contributed by atoms with Crippen LogP contribution in [0.2, 0.25) is 0 Å². The zero-order chi connectivity index (χ0) is 11.5.